The molecule has 0 aliphatic heterocycles. The van der Waals surface area contributed by atoms with Gasteiger partial charge in [0, 0.05) is 18.8 Å². The van der Waals surface area contributed by atoms with E-state index in [1.807, 2.05) is 25.1 Å². The Labute approximate surface area is 123 Å². The highest BCUT2D eigenvalue weighted by molar-refractivity contribution is 5.79. The minimum Gasteiger partial charge on any atom is -0.357 e. The average Bonchev–Trinajstić information content (AvgIpc) is 2.45. The Morgan fingerprint density at radius 3 is 2.55 bits per heavy atom. The molecule has 20 heavy (non-hydrogen) atoms. The zero-order valence-electron chi connectivity index (χ0n) is 13.2. The Balaban J connectivity index is 2.58. The highest BCUT2D eigenvalue weighted by Gasteiger charge is 2.04. The summed E-state index contributed by atoms with van der Waals surface area (Å²) in [6.07, 6.45) is 2.39. The van der Waals surface area contributed by atoms with E-state index in [1.54, 1.807) is 0 Å². The summed E-state index contributed by atoms with van der Waals surface area (Å²) in [7, 11) is 0. The Morgan fingerprint density at radius 1 is 1.20 bits per heavy atom. The molecule has 1 rings (SSSR count). The second-order valence-electron chi connectivity index (χ2n) is 5.03. The summed E-state index contributed by atoms with van der Waals surface area (Å²) in [5.74, 6) is 1.58. The summed E-state index contributed by atoms with van der Waals surface area (Å²) < 4.78 is 0. The Hall–Kier alpha value is -1.58. The molecule has 0 aliphatic rings. The predicted molar refractivity (Wildman–Crippen MR) is 85.9 cm³/mol. The van der Waals surface area contributed by atoms with Gasteiger partial charge in [-0.1, -0.05) is 32.8 Å². The van der Waals surface area contributed by atoms with E-state index < -0.39 is 0 Å². The SMILES string of the molecule is CCNC(=NCc1cccc(C)n1)NCC(CC)CC. The van der Waals surface area contributed by atoms with Gasteiger partial charge in [-0.05, 0) is 31.9 Å². The van der Waals surface area contributed by atoms with E-state index in [0.29, 0.717) is 12.5 Å². The third-order valence-corrected chi connectivity index (χ3v) is 3.40. The van der Waals surface area contributed by atoms with E-state index in [0.717, 1.165) is 30.4 Å². The van der Waals surface area contributed by atoms with Crippen LogP contribution in [0, 0.1) is 12.8 Å². The molecule has 0 aromatic carbocycles. The van der Waals surface area contributed by atoms with E-state index >= 15 is 0 Å². The van der Waals surface area contributed by atoms with E-state index in [9.17, 15) is 0 Å². The van der Waals surface area contributed by atoms with Crippen LogP contribution in [0.5, 0.6) is 0 Å². The van der Waals surface area contributed by atoms with Crippen molar-refractivity contribution in [3.63, 3.8) is 0 Å². The largest absolute Gasteiger partial charge is 0.357 e. The van der Waals surface area contributed by atoms with Gasteiger partial charge < -0.3 is 10.6 Å². The van der Waals surface area contributed by atoms with Crippen LogP contribution in [-0.2, 0) is 6.54 Å². The van der Waals surface area contributed by atoms with Crippen LogP contribution in [-0.4, -0.2) is 24.0 Å². The lowest BCUT2D eigenvalue weighted by atomic mass is 10.0. The molecule has 0 bridgehead atoms. The van der Waals surface area contributed by atoms with E-state index in [-0.39, 0.29) is 0 Å². The quantitative estimate of drug-likeness (QED) is 0.595. The Morgan fingerprint density at radius 2 is 1.95 bits per heavy atom. The van der Waals surface area contributed by atoms with Crippen molar-refractivity contribution >= 4 is 5.96 Å². The third kappa shape index (κ3) is 6.04. The smallest absolute Gasteiger partial charge is 0.191 e. The highest BCUT2D eigenvalue weighted by Crippen LogP contribution is 2.05. The van der Waals surface area contributed by atoms with Crippen molar-refractivity contribution in [1.82, 2.24) is 15.6 Å². The molecule has 0 fully saturated rings. The number of hydrogen-bond donors (Lipinski definition) is 2. The van der Waals surface area contributed by atoms with Crippen LogP contribution in [0.3, 0.4) is 0 Å². The molecule has 1 aromatic rings. The van der Waals surface area contributed by atoms with Gasteiger partial charge >= 0.3 is 0 Å². The van der Waals surface area contributed by atoms with Crippen LogP contribution in [0.25, 0.3) is 0 Å². The maximum absolute atomic E-state index is 4.60. The molecule has 1 heterocycles. The fourth-order valence-electron chi connectivity index (χ4n) is 2.01. The molecular formula is C16H28N4. The number of hydrogen-bond acceptors (Lipinski definition) is 2. The molecule has 112 valence electrons. The van der Waals surface area contributed by atoms with E-state index in [1.165, 1.54) is 12.8 Å². The molecule has 0 saturated heterocycles. The number of guanidine groups is 1. The minimum atomic E-state index is 0.611. The van der Waals surface area contributed by atoms with Gasteiger partial charge in [0.1, 0.15) is 0 Å². The van der Waals surface area contributed by atoms with Gasteiger partial charge in [-0.2, -0.15) is 0 Å². The van der Waals surface area contributed by atoms with Gasteiger partial charge in [0.2, 0.25) is 0 Å². The van der Waals surface area contributed by atoms with E-state index in [4.69, 9.17) is 0 Å². The zero-order valence-corrected chi connectivity index (χ0v) is 13.2. The second kappa shape index (κ2) is 9.34. The van der Waals surface area contributed by atoms with Gasteiger partial charge in [-0.15, -0.1) is 0 Å². The molecule has 0 unspecified atom stereocenters. The summed E-state index contributed by atoms with van der Waals surface area (Å²) in [5.41, 5.74) is 2.04. The van der Waals surface area contributed by atoms with Crippen molar-refractivity contribution in [1.29, 1.82) is 0 Å². The third-order valence-electron chi connectivity index (χ3n) is 3.40. The maximum atomic E-state index is 4.60. The molecular weight excluding hydrogens is 248 g/mol. The number of aliphatic imine (C=N–C) groups is 1. The topological polar surface area (TPSA) is 49.3 Å². The molecule has 0 atom stereocenters. The lowest BCUT2D eigenvalue weighted by Gasteiger charge is -2.16. The molecule has 0 saturated carbocycles. The lowest BCUT2D eigenvalue weighted by molar-refractivity contribution is 0.481. The van der Waals surface area contributed by atoms with Gasteiger partial charge in [0.05, 0.1) is 12.2 Å². The van der Waals surface area contributed by atoms with Gasteiger partial charge in [-0.3, -0.25) is 4.98 Å². The second-order valence-corrected chi connectivity index (χ2v) is 5.03. The summed E-state index contributed by atoms with van der Waals surface area (Å²) in [4.78, 5) is 9.07. The normalized spacial score (nSPS) is 11.8. The van der Waals surface area contributed by atoms with Crippen molar-refractivity contribution in [2.45, 2.75) is 47.1 Å². The fourth-order valence-corrected chi connectivity index (χ4v) is 2.01. The van der Waals surface area contributed by atoms with Crippen LogP contribution >= 0.6 is 0 Å². The first-order valence-corrected chi connectivity index (χ1v) is 7.64. The van der Waals surface area contributed by atoms with Crippen molar-refractivity contribution in [2.24, 2.45) is 10.9 Å². The summed E-state index contributed by atoms with van der Waals surface area (Å²) in [5, 5.41) is 6.70. The molecule has 1 aromatic heterocycles. The van der Waals surface area contributed by atoms with Crippen LogP contribution in [0.4, 0.5) is 0 Å². The highest BCUT2D eigenvalue weighted by atomic mass is 15.2. The van der Waals surface area contributed by atoms with Crippen molar-refractivity contribution < 1.29 is 0 Å². The first-order valence-electron chi connectivity index (χ1n) is 7.64. The molecule has 0 amide bonds. The van der Waals surface area contributed by atoms with Crippen LogP contribution in [0.2, 0.25) is 0 Å². The van der Waals surface area contributed by atoms with Crippen LogP contribution < -0.4 is 10.6 Å². The number of aryl methyl sites for hydroxylation is 1. The first kappa shape index (κ1) is 16.5. The van der Waals surface area contributed by atoms with Crippen molar-refractivity contribution in [2.75, 3.05) is 13.1 Å². The number of rotatable bonds is 7. The van der Waals surface area contributed by atoms with Crippen LogP contribution in [0.15, 0.2) is 23.2 Å². The van der Waals surface area contributed by atoms with Gasteiger partial charge in [0.25, 0.3) is 0 Å². The molecule has 0 aliphatic carbocycles. The molecule has 0 radical (unpaired) electrons. The number of nitrogens with one attached hydrogen (secondary N) is 2. The van der Waals surface area contributed by atoms with Crippen LogP contribution in [0.1, 0.15) is 45.0 Å². The first-order chi connectivity index (χ1) is 9.69. The number of pyridine rings is 1. The summed E-state index contributed by atoms with van der Waals surface area (Å²) in [6.45, 7) is 11.0. The fraction of sp³-hybridized carbons (Fsp3) is 0.625. The molecule has 4 nitrogen and oxygen atoms in total. The van der Waals surface area contributed by atoms with Gasteiger partial charge in [0.15, 0.2) is 5.96 Å². The van der Waals surface area contributed by atoms with E-state index in [2.05, 4.69) is 41.4 Å². The Bertz CT molecular complexity index is 411. The summed E-state index contributed by atoms with van der Waals surface area (Å²) in [6, 6.07) is 6.04. The zero-order chi connectivity index (χ0) is 14.8. The van der Waals surface area contributed by atoms with Crippen molar-refractivity contribution in [3.05, 3.63) is 29.6 Å². The minimum absolute atomic E-state index is 0.611. The molecule has 0 spiro atoms. The molecule has 2 N–H and O–H groups in total. The summed E-state index contributed by atoms with van der Waals surface area (Å²) >= 11 is 0. The maximum Gasteiger partial charge on any atom is 0.191 e. The standard InChI is InChI=1S/C16H28N4/c1-5-14(6-2)11-18-16(17-7-3)19-12-15-10-8-9-13(4)20-15/h8-10,14H,5-7,11-12H2,1-4H3,(H2,17,18,19). The average molecular weight is 276 g/mol. The Kier molecular flexibility index (Phi) is 7.70. The lowest BCUT2D eigenvalue weighted by Crippen LogP contribution is -2.39. The monoisotopic (exact) mass is 276 g/mol. The predicted octanol–water partition coefficient (Wildman–Crippen LogP) is 2.88. The molecule has 4 heteroatoms. The van der Waals surface area contributed by atoms with Crippen molar-refractivity contribution in [3.8, 4) is 0 Å². The number of nitrogens with zero attached hydrogens (tertiary/aromatic N) is 2. The number of aromatic nitrogens is 1. The van der Waals surface area contributed by atoms with Gasteiger partial charge in [-0.25, -0.2) is 4.99 Å².